The van der Waals surface area contributed by atoms with Crippen LogP contribution in [0.4, 0.5) is 0 Å². The summed E-state index contributed by atoms with van der Waals surface area (Å²) >= 11 is 0. The van der Waals surface area contributed by atoms with Gasteiger partial charge in [0.15, 0.2) is 15.8 Å². The van der Waals surface area contributed by atoms with Crippen LogP contribution in [0, 0.1) is 0 Å². The van der Waals surface area contributed by atoms with E-state index in [2.05, 4.69) is 53.2 Å². The molecule has 0 bridgehead atoms. The normalized spacial score (nSPS) is 19.1. The quantitative estimate of drug-likeness (QED) is 0.555. The van der Waals surface area contributed by atoms with Crippen LogP contribution in [0.1, 0.15) is 45.7 Å². The van der Waals surface area contributed by atoms with Crippen molar-refractivity contribution in [3.63, 3.8) is 0 Å². The van der Waals surface area contributed by atoms with Gasteiger partial charge in [-0.1, -0.05) is 38.1 Å². The molecule has 0 aromatic heterocycles. The second-order valence-corrected chi connectivity index (χ2v) is 10.7. The minimum atomic E-state index is -3.06. The van der Waals surface area contributed by atoms with Crippen LogP contribution in [-0.4, -0.2) is 67.4 Å². The molecule has 1 N–H and O–H groups in total. The molecule has 0 aliphatic carbocycles. The Hall–Kier alpha value is -1.60. The highest BCUT2D eigenvalue weighted by molar-refractivity contribution is 7.92. The first-order valence-corrected chi connectivity index (χ1v) is 11.9. The maximum Gasteiger partial charge on any atom is 0.194 e. The smallest absolute Gasteiger partial charge is 0.194 e. The number of nitrogens with one attached hydrogen (secondary N) is 1. The van der Waals surface area contributed by atoms with Crippen LogP contribution in [0.2, 0.25) is 0 Å². The number of sulfone groups is 1. The van der Waals surface area contributed by atoms with Crippen molar-refractivity contribution in [2.45, 2.75) is 52.5 Å². The van der Waals surface area contributed by atoms with E-state index in [9.17, 15) is 8.42 Å². The largest absolute Gasteiger partial charge is 0.357 e. The van der Waals surface area contributed by atoms with E-state index in [4.69, 9.17) is 4.99 Å². The number of nitrogens with zero attached hydrogens (tertiary/aromatic N) is 3. The van der Waals surface area contributed by atoms with Crippen LogP contribution in [0.3, 0.4) is 0 Å². The molecule has 2 rings (SSSR count). The van der Waals surface area contributed by atoms with Crippen molar-refractivity contribution in [3.05, 3.63) is 35.4 Å². The summed E-state index contributed by atoms with van der Waals surface area (Å²) in [6.45, 7) is 15.4. The van der Waals surface area contributed by atoms with Crippen molar-refractivity contribution in [1.29, 1.82) is 0 Å². The maximum absolute atomic E-state index is 12.3. The van der Waals surface area contributed by atoms with E-state index < -0.39 is 14.6 Å². The molecule has 0 saturated carbocycles. The fraction of sp³-hybridized carbons (Fsp3) is 0.667. The highest BCUT2D eigenvalue weighted by Gasteiger charge is 2.40. The molecule has 1 saturated heterocycles. The summed E-state index contributed by atoms with van der Waals surface area (Å²) in [4.78, 5) is 9.23. The molecule has 1 fully saturated rings. The second kappa shape index (κ2) is 9.74. The number of rotatable bonds is 7. The minimum Gasteiger partial charge on any atom is -0.357 e. The monoisotopic (exact) mass is 408 g/mol. The predicted molar refractivity (Wildman–Crippen MR) is 117 cm³/mol. The summed E-state index contributed by atoms with van der Waals surface area (Å²) in [5.41, 5.74) is 2.47. The zero-order valence-electron chi connectivity index (χ0n) is 18.0. The topological polar surface area (TPSA) is 65.0 Å². The lowest BCUT2D eigenvalue weighted by Crippen LogP contribution is -2.57. The molecule has 158 valence electrons. The number of hydrogen-bond acceptors (Lipinski definition) is 4. The van der Waals surface area contributed by atoms with Crippen molar-refractivity contribution in [3.8, 4) is 0 Å². The number of hydrogen-bond donors (Lipinski definition) is 1. The standard InChI is InChI=1S/C21H36N4O2S/c1-6-22-20(25-13-14-28(26,27)21(4,5)17-25)23-15-18-9-11-19(12-10-18)16-24(7-2)8-3/h9-12H,6-8,13-17H2,1-5H3,(H,22,23). The van der Waals surface area contributed by atoms with Crippen LogP contribution in [0.15, 0.2) is 29.3 Å². The summed E-state index contributed by atoms with van der Waals surface area (Å²) in [7, 11) is -3.06. The van der Waals surface area contributed by atoms with Crippen LogP contribution in [0.25, 0.3) is 0 Å². The summed E-state index contributed by atoms with van der Waals surface area (Å²) in [5.74, 6) is 0.961. The van der Waals surface area contributed by atoms with Gasteiger partial charge in [-0.25, -0.2) is 13.4 Å². The SMILES string of the molecule is CCNC(=NCc1ccc(CN(CC)CC)cc1)N1CCS(=O)(=O)C(C)(C)C1. The van der Waals surface area contributed by atoms with Gasteiger partial charge in [-0.2, -0.15) is 0 Å². The van der Waals surface area contributed by atoms with Gasteiger partial charge in [0.25, 0.3) is 0 Å². The summed E-state index contributed by atoms with van der Waals surface area (Å²) < 4.78 is 23.8. The molecule has 0 atom stereocenters. The Morgan fingerprint density at radius 3 is 2.29 bits per heavy atom. The van der Waals surface area contributed by atoms with E-state index in [1.807, 2.05) is 6.92 Å². The molecule has 6 nitrogen and oxygen atoms in total. The van der Waals surface area contributed by atoms with E-state index in [-0.39, 0.29) is 5.75 Å². The molecule has 0 unspecified atom stereocenters. The average molecular weight is 409 g/mol. The van der Waals surface area contributed by atoms with Crippen molar-refractivity contribution >= 4 is 15.8 Å². The lowest BCUT2D eigenvalue weighted by Gasteiger charge is -2.39. The first kappa shape index (κ1) is 22.7. The fourth-order valence-corrected chi connectivity index (χ4v) is 4.74. The molecule has 28 heavy (non-hydrogen) atoms. The molecule has 1 heterocycles. The van der Waals surface area contributed by atoms with Crippen molar-refractivity contribution in [2.75, 3.05) is 38.5 Å². The molecule has 0 spiro atoms. The van der Waals surface area contributed by atoms with Gasteiger partial charge >= 0.3 is 0 Å². The summed E-state index contributed by atoms with van der Waals surface area (Å²) in [6, 6.07) is 8.62. The first-order valence-electron chi connectivity index (χ1n) is 10.3. The van der Waals surface area contributed by atoms with Gasteiger partial charge in [-0.3, -0.25) is 4.90 Å². The molecule has 1 aromatic carbocycles. The number of aliphatic imine (C=N–C) groups is 1. The minimum absolute atomic E-state index is 0.171. The van der Waals surface area contributed by atoms with E-state index in [1.165, 1.54) is 5.56 Å². The van der Waals surface area contributed by atoms with Gasteiger partial charge in [-0.15, -0.1) is 0 Å². The van der Waals surface area contributed by atoms with Gasteiger partial charge in [0.1, 0.15) is 0 Å². The Balaban J connectivity index is 2.06. The zero-order chi connectivity index (χ0) is 20.8. The molecular formula is C21H36N4O2S. The lowest BCUT2D eigenvalue weighted by molar-refractivity contribution is 0.296. The third-order valence-electron chi connectivity index (χ3n) is 5.41. The number of benzene rings is 1. The highest BCUT2D eigenvalue weighted by atomic mass is 32.2. The van der Waals surface area contributed by atoms with E-state index >= 15 is 0 Å². The van der Waals surface area contributed by atoms with Crippen molar-refractivity contribution in [2.24, 2.45) is 4.99 Å². The lowest BCUT2D eigenvalue weighted by atomic mass is 10.1. The molecule has 0 radical (unpaired) electrons. The Labute approximate surface area is 170 Å². The Bertz CT molecular complexity index is 753. The average Bonchev–Trinajstić information content (AvgIpc) is 2.66. The van der Waals surface area contributed by atoms with Crippen LogP contribution in [0.5, 0.6) is 0 Å². The van der Waals surface area contributed by atoms with Gasteiger partial charge in [-0.05, 0) is 45.0 Å². The third kappa shape index (κ3) is 5.70. The van der Waals surface area contributed by atoms with Crippen molar-refractivity contribution in [1.82, 2.24) is 15.1 Å². The van der Waals surface area contributed by atoms with E-state index in [1.54, 1.807) is 13.8 Å². The van der Waals surface area contributed by atoms with Gasteiger partial charge in [0.2, 0.25) is 0 Å². The van der Waals surface area contributed by atoms with Crippen molar-refractivity contribution < 1.29 is 8.42 Å². The van der Waals surface area contributed by atoms with Gasteiger partial charge in [0.05, 0.1) is 17.0 Å². The fourth-order valence-electron chi connectivity index (χ4n) is 3.37. The Kier molecular flexibility index (Phi) is 7.89. The molecule has 1 aromatic rings. The van der Waals surface area contributed by atoms with E-state index in [0.717, 1.165) is 37.7 Å². The molecule has 1 aliphatic heterocycles. The van der Waals surface area contributed by atoms with Gasteiger partial charge in [0, 0.05) is 26.2 Å². The summed E-state index contributed by atoms with van der Waals surface area (Å²) in [5, 5.41) is 3.31. The maximum atomic E-state index is 12.3. The molecule has 1 aliphatic rings. The Morgan fingerprint density at radius 1 is 1.14 bits per heavy atom. The highest BCUT2D eigenvalue weighted by Crippen LogP contribution is 2.23. The van der Waals surface area contributed by atoms with Crippen LogP contribution >= 0.6 is 0 Å². The predicted octanol–water partition coefficient (Wildman–Crippen LogP) is 2.50. The third-order valence-corrected chi connectivity index (χ3v) is 7.95. The molecular weight excluding hydrogens is 372 g/mol. The first-order chi connectivity index (χ1) is 13.2. The second-order valence-electron chi connectivity index (χ2n) is 7.95. The van der Waals surface area contributed by atoms with Crippen LogP contribution < -0.4 is 5.32 Å². The zero-order valence-corrected chi connectivity index (χ0v) is 18.8. The Morgan fingerprint density at radius 2 is 1.75 bits per heavy atom. The number of guanidine groups is 1. The van der Waals surface area contributed by atoms with Gasteiger partial charge < -0.3 is 10.2 Å². The molecule has 0 amide bonds. The molecule has 7 heteroatoms. The van der Waals surface area contributed by atoms with Crippen LogP contribution in [-0.2, 0) is 22.9 Å². The van der Waals surface area contributed by atoms with E-state index in [0.29, 0.717) is 19.6 Å². The summed E-state index contributed by atoms with van der Waals surface area (Å²) in [6.07, 6.45) is 0.